The predicted molar refractivity (Wildman–Crippen MR) is 116 cm³/mol. The van der Waals surface area contributed by atoms with Gasteiger partial charge >= 0.3 is 0 Å². The van der Waals surface area contributed by atoms with Crippen LogP contribution < -0.4 is 15.0 Å². The highest BCUT2D eigenvalue weighted by atomic mass is 16.6. The molecular formula is C24H25N3O4. The second kappa shape index (κ2) is 8.06. The third-order valence-electron chi connectivity index (χ3n) is 6.16. The molecule has 31 heavy (non-hydrogen) atoms. The first-order chi connectivity index (χ1) is 15.1. The van der Waals surface area contributed by atoms with Crippen LogP contribution in [0, 0.1) is 0 Å². The van der Waals surface area contributed by atoms with Gasteiger partial charge in [-0.1, -0.05) is 18.2 Å². The van der Waals surface area contributed by atoms with Crippen LogP contribution in [0.1, 0.15) is 36.7 Å². The highest BCUT2D eigenvalue weighted by Gasteiger charge is 2.30. The highest BCUT2D eigenvalue weighted by molar-refractivity contribution is 5.78. The minimum atomic E-state index is -0.0802. The first-order valence-corrected chi connectivity index (χ1v) is 10.8. The molecule has 1 amide bonds. The molecule has 2 aromatic carbocycles. The van der Waals surface area contributed by atoms with E-state index < -0.39 is 0 Å². The molecule has 5 rings (SSSR count). The van der Waals surface area contributed by atoms with Gasteiger partial charge in [0.05, 0.1) is 16.9 Å². The van der Waals surface area contributed by atoms with Crippen LogP contribution in [0.5, 0.6) is 11.5 Å². The number of carbonyl (C=O) groups excluding carboxylic acids is 1. The lowest BCUT2D eigenvalue weighted by atomic mass is 10.0. The first-order valence-electron chi connectivity index (χ1n) is 10.8. The highest BCUT2D eigenvalue weighted by Crippen LogP contribution is 2.38. The standard InChI is InChI=1S/C24H25N3O4/c1-26-22(25-18-6-3-2-5-17(18)24(26)29)10-11-23(28)27-12-4-7-19(27)16-8-9-20-21(15-16)31-14-13-30-20/h2-3,5-6,8-9,15,19H,4,7,10-14H2,1H3/t19-/m1/s1. The second-order valence-corrected chi connectivity index (χ2v) is 8.06. The number of ether oxygens (including phenoxy) is 2. The molecule has 1 atom stereocenters. The molecule has 0 unspecified atom stereocenters. The molecule has 0 N–H and O–H groups in total. The van der Waals surface area contributed by atoms with Gasteiger partial charge < -0.3 is 14.4 Å². The number of benzene rings is 2. The van der Waals surface area contributed by atoms with Crippen molar-refractivity contribution in [1.82, 2.24) is 14.5 Å². The van der Waals surface area contributed by atoms with Gasteiger partial charge in [-0.05, 0) is 42.7 Å². The summed E-state index contributed by atoms with van der Waals surface area (Å²) in [7, 11) is 1.72. The number of hydrogen-bond acceptors (Lipinski definition) is 5. The van der Waals surface area contributed by atoms with Crippen LogP contribution in [0.3, 0.4) is 0 Å². The van der Waals surface area contributed by atoms with E-state index in [1.165, 1.54) is 0 Å². The number of aromatic nitrogens is 2. The van der Waals surface area contributed by atoms with Gasteiger partial charge in [-0.3, -0.25) is 14.2 Å². The molecule has 0 saturated carbocycles. The molecule has 1 fully saturated rings. The summed E-state index contributed by atoms with van der Waals surface area (Å²) >= 11 is 0. The number of fused-ring (bicyclic) bond motifs is 2. The zero-order valence-electron chi connectivity index (χ0n) is 17.5. The van der Waals surface area contributed by atoms with Gasteiger partial charge in [-0.25, -0.2) is 4.98 Å². The average molecular weight is 419 g/mol. The topological polar surface area (TPSA) is 73.7 Å². The molecular weight excluding hydrogens is 394 g/mol. The zero-order chi connectivity index (χ0) is 21.4. The van der Waals surface area contributed by atoms with E-state index in [1.807, 2.05) is 41.3 Å². The second-order valence-electron chi connectivity index (χ2n) is 8.06. The number of para-hydroxylation sites is 1. The summed E-state index contributed by atoms with van der Waals surface area (Å²) < 4.78 is 12.9. The van der Waals surface area contributed by atoms with E-state index in [9.17, 15) is 9.59 Å². The molecule has 1 saturated heterocycles. The molecule has 0 bridgehead atoms. The van der Waals surface area contributed by atoms with Crippen LogP contribution in [0.25, 0.3) is 10.9 Å². The van der Waals surface area contributed by atoms with Crippen molar-refractivity contribution in [3.63, 3.8) is 0 Å². The van der Waals surface area contributed by atoms with Crippen LogP contribution in [0.15, 0.2) is 47.3 Å². The normalized spacial score (nSPS) is 17.8. The van der Waals surface area contributed by atoms with E-state index in [4.69, 9.17) is 9.47 Å². The third kappa shape index (κ3) is 3.65. The summed E-state index contributed by atoms with van der Waals surface area (Å²) in [5.41, 5.74) is 1.66. The van der Waals surface area contributed by atoms with E-state index in [2.05, 4.69) is 4.98 Å². The zero-order valence-corrected chi connectivity index (χ0v) is 17.5. The lowest BCUT2D eigenvalue weighted by Gasteiger charge is -2.27. The van der Waals surface area contributed by atoms with Crippen molar-refractivity contribution >= 4 is 16.8 Å². The average Bonchev–Trinajstić information content (AvgIpc) is 3.30. The fourth-order valence-corrected chi connectivity index (χ4v) is 4.53. The van der Waals surface area contributed by atoms with E-state index in [-0.39, 0.29) is 17.5 Å². The van der Waals surface area contributed by atoms with Gasteiger partial charge in [-0.2, -0.15) is 0 Å². The fraction of sp³-hybridized carbons (Fsp3) is 0.375. The first kappa shape index (κ1) is 19.6. The maximum Gasteiger partial charge on any atom is 0.261 e. The van der Waals surface area contributed by atoms with Gasteiger partial charge in [0, 0.05) is 26.4 Å². The molecule has 0 aliphatic carbocycles. The number of hydrogen-bond donors (Lipinski definition) is 0. The molecule has 2 aliphatic rings. The van der Waals surface area contributed by atoms with Crippen molar-refractivity contribution in [2.45, 2.75) is 31.7 Å². The van der Waals surface area contributed by atoms with Crippen LogP contribution >= 0.6 is 0 Å². The molecule has 0 spiro atoms. The summed E-state index contributed by atoms with van der Waals surface area (Å²) in [4.78, 5) is 32.3. The van der Waals surface area contributed by atoms with Crippen molar-refractivity contribution in [1.29, 1.82) is 0 Å². The predicted octanol–water partition coefficient (Wildman–Crippen LogP) is 3.00. The van der Waals surface area contributed by atoms with Gasteiger partial charge in [0.2, 0.25) is 5.91 Å². The molecule has 3 aromatic rings. The number of carbonyl (C=O) groups is 1. The van der Waals surface area contributed by atoms with Crippen LogP contribution in [-0.2, 0) is 18.3 Å². The summed E-state index contributed by atoms with van der Waals surface area (Å²) in [6, 6.07) is 13.3. The molecule has 3 heterocycles. The van der Waals surface area contributed by atoms with Gasteiger partial charge in [0.1, 0.15) is 19.0 Å². The SMILES string of the molecule is Cn1c(CCC(=O)N2CCC[C@@H]2c2ccc3c(c2)OCCO3)nc2ccccc2c1=O. The quantitative estimate of drug-likeness (QED) is 0.650. The van der Waals surface area contributed by atoms with Gasteiger partial charge in [-0.15, -0.1) is 0 Å². The van der Waals surface area contributed by atoms with Crippen LogP contribution in [-0.4, -0.2) is 40.1 Å². The smallest absolute Gasteiger partial charge is 0.261 e. The number of nitrogens with zero attached hydrogens (tertiary/aromatic N) is 3. The summed E-state index contributed by atoms with van der Waals surface area (Å²) in [5.74, 6) is 2.22. The fourth-order valence-electron chi connectivity index (χ4n) is 4.53. The molecule has 0 radical (unpaired) electrons. The lowest BCUT2D eigenvalue weighted by Crippen LogP contribution is -2.31. The van der Waals surface area contributed by atoms with E-state index in [0.717, 1.165) is 36.4 Å². The van der Waals surface area contributed by atoms with E-state index >= 15 is 0 Å². The largest absolute Gasteiger partial charge is 0.486 e. The monoisotopic (exact) mass is 419 g/mol. The lowest BCUT2D eigenvalue weighted by molar-refractivity contribution is -0.132. The van der Waals surface area contributed by atoms with Gasteiger partial charge in [0.15, 0.2) is 11.5 Å². The van der Waals surface area contributed by atoms with Gasteiger partial charge in [0.25, 0.3) is 5.56 Å². The molecule has 7 nitrogen and oxygen atoms in total. The summed E-state index contributed by atoms with van der Waals surface area (Å²) in [6.45, 7) is 1.84. The molecule has 2 aliphatic heterocycles. The molecule has 1 aromatic heterocycles. The Hall–Kier alpha value is -3.35. The van der Waals surface area contributed by atoms with Crippen molar-refractivity contribution < 1.29 is 14.3 Å². The van der Waals surface area contributed by atoms with Crippen LogP contribution in [0.4, 0.5) is 0 Å². The number of amides is 1. The van der Waals surface area contributed by atoms with Crippen molar-refractivity contribution in [3.8, 4) is 11.5 Å². The Labute approximate surface area is 180 Å². The van der Waals surface area contributed by atoms with Crippen molar-refractivity contribution in [2.75, 3.05) is 19.8 Å². The summed E-state index contributed by atoms with van der Waals surface area (Å²) in [6.07, 6.45) is 2.65. The Balaban J connectivity index is 1.33. The molecule has 7 heteroatoms. The Bertz CT molecular complexity index is 1200. The minimum Gasteiger partial charge on any atom is -0.486 e. The van der Waals surface area contributed by atoms with Crippen molar-refractivity contribution in [2.24, 2.45) is 7.05 Å². The van der Waals surface area contributed by atoms with E-state index in [0.29, 0.717) is 42.8 Å². The number of likely N-dealkylation sites (tertiary alicyclic amines) is 1. The Morgan fingerprint density at radius 2 is 1.94 bits per heavy atom. The number of rotatable bonds is 4. The molecule has 160 valence electrons. The van der Waals surface area contributed by atoms with E-state index in [1.54, 1.807) is 17.7 Å². The summed E-state index contributed by atoms with van der Waals surface area (Å²) in [5, 5.41) is 0.596. The maximum atomic E-state index is 13.1. The van der Waals surface area contributed by atoms with Crippen molar-refractivity contribution in [3.05, 3.63) is 64.2 Å². The van der Waals surface area contributed by atoms with Crippen LogP contribution in [0.2, 0.25) is 0 Å². The Morgan fingerprint density at radius 1 is 1.13 bits per heavy atom. The Morgan fingerprint density at radius 3 is 2.81 bits per heavy atom. The Kier molecular flexibility index (Phi) is 5.10. The minimum absolute atomic E-state index is 0.0386. The number of aryl methyl sites for hydroxylation is 1. The maximum absolute atomic E-state index is 13.1. The third-order valence-corrected chi connectivity index (χ3v) is 6.16.